The molecule has 4 aromatic rings. The molecule has 222 valence electrons. The fourth-order valence-electron chi connectivity index (χ4n) is 5.35. The highest BCUT2D eigenvalue weighted by atomic mass is 16.7. The summed E-state index contributed by atoms with van der Waals surface area (Å²) >= 11 is 0. The minimum absolute atomic E-state index is 0.00248. The maximum Gasteiger partial charge on any atom is 0.294 e. The molecular formula is C31H33N7O5. The monoisotopic (exact) mass is 583 g/mol. The third-order valence-corrected chi connectivity index (χ3v) is 7.61. The van der Waals surface area contributed by atoms with Gasteiger partial charge in [0.1, 0.15) is 35.1 Å². The molecule has 12 nitrogen and oxygen atoms in total. The first kappa shape index (κ1) is 28.2. The van der Waals surface area contributed by atoms with Crippen LogP contribution in [-0.4, -0.2) is 66.7 Å². The first-order chi connectivity index (χ1) is 21.0. The minimum Gasteiger partial charge on any atom is -0.494 e. The molecule has 2 aliphatic heterocycles. The van der Waals surface area contributed by atoms with Crippen molar-refractivity contribution in [2.24, 2.45) is 0 Å². The fourth-order valence-corrected chi connectivity index (χ4v) is 5.35. The molecule has 3 heterocycles. The second-order valence-electron chi connectivity index (χ2n) is 10.4. The van der Waals surface area contributed by atoms with Gasteiger partial charge in [-0.05, 0) is 36.9 Å². The number of nitro benzene ring substituents is 1. The summed E-state index contributed by atoms with van der Waals surface area (Å²) in [5.41, 5.74) is 2.00. The van der Waals surface area contributed by atoms with Gasteiger partial charge in [-0.2, -0.15) is 0 Å². The van der Waals surface area contributed by atoms with Gasteiger partial charge in [0.25, 0.3) is 5.69 Å². The Morgan fingerprint density at radius 1 is 0.977 bits per heavy atom. The summed E-state index contributed by atoms with van der Waals surface area (Å²) in [6, 6.07) is 22.4. The van der Waals surface area contributed by atoms with E-state index in [-0.39, 0.29) is 16.7 Å². The predicted molar refractivity (Wildman–Crippen MR) is 163 cm³/mol. The van der Waals surface area contributed by atoms with E-state index < -0.39 is 0 Å². The lowest BCUT2D eigenvalue weighted by molar-refractivity contribution is -0.384. The van der Waals surface area contributed by atoms with Crippen LogP contribution in [0.2, 0.25) is 0 Å². The third kappa shape index (κ3) is 6.30. The van der Waals surface area contributed by atoms with Gasteiger partial charge in [0.2, 0.25) is 0 Å². The molecule has 0 amide bonds. The molecular weight excluding hydrogens is 550 g/mol. The van der Waals surface area contributed by atoms with Crippen LogP contribution in [0.4, 0.5) is 28.7 Å². The van der Waals surface area contributed by atoms with Crippen LogP contribution in [0.25, 0.3) is 0 Å². The molecule has 1 N–H and O–H groups in total. The number of hydroxylamine groups is 1. The number of likely N-dealkylation sites (N-methyl/N-ethyl adjacent to an activating group) is 1. The number of ether oxygens (including phenoxy) is 2. The zero-order valence-corrected chi connectivity index (χ0v) is 24.1. The summed E-state index contributed by atoms with van der Waals surface area (Å²) in [6.07, 6.45) is 2.19. The van der Waals surface area contributed by atoms with E-state index in [0.29, 0.717) is 48.5 Å². The van der Waals surface area contributed by atoms with E-state index in [1.807, 2.05) is 66.5 Å². The van der Waals surface area contributed by atoms with Crippen LogP contribution < -0.4 is 24.8 Å². The zero-order valence-electron chi connectivity index (χ0n) is 24.1. The summed E-state index contributed by atoms with van der Waals surface area (Å²) in [6.45, 7) is 3.57. The van der Waals surface area contributed by atoms with E-state index >= 15 is 0 Å². The number of anilines is 4. The molecule has 0 saturated carbocycles. The fraction of sp³-hybridized carbons (Fsp3) is 0.290. The molecule has 0 spiro atoms. The van der Waals surface area contributed by atoms with Gasteiger partial charge in [0.05, 0.1) is 30.4 Å². The highest BCUT2D eigenvalue weighted by Crippen LogP contribution is 2.41. The first-order valence-electron chi connectivity index (χ1n) is 14.1. The number of aromatic nitrogens is 2. The van der Waals surface area contributed by atoms with Crippen molar-refractivity contribution in [1.29, 1.82) is 0 Å². The van der Waals surface area contributed by atoms with Gasteiger partial charge in [-0.25, -0.2) is 15.0 Å². The number of benzene rings is 3. The van der Waals surface area contributed by atoms with Crippen LogP contribution in [0.5, 0.6) is 17.2 Å². The lowest BCUT2D eigenvalue weighted by Gasteiger charge is -2.34. The average molecular weight is 584 g/mol. The van der Waals surface area contributed by atoms with Gasteiger partial charge < -0.3 is 24.6 Å². The smallest absolute Gasteiger partial charge is 0.294 e. The number of nitrogens with one attached hydrogen (secondary N) is 1. The summed E-state index contributed by atoms with van der Waals surface area (Å²) in [5, 5.41) is 17.1. The highest BCUT2D eigenvalue weighted by molar-refractivity contribution is 5.77. The van der Waals surface area contributed by atoms with Crippen LogP contribution in [-0.2, 0) is 4.84 Å². The van der Waals surface area contributed by atoms with Crippen molar-refractivity contribution in [3.8, 4) is 17.2 Å². The summed E-state index contributed by atoms with van der Waals surface area (Å²) < 4.78 is 11.7. The minimum atomic E-state index is -0.359. The highest BCUT2D eigenvalue weighted by Gasteiger charge is 2.30. The van der Waals surface area contributed by atoms with Gasteiger partial charge in [-0.15, -0.1) is 0 Å². The van der Waals surface area contributed by atoms with Crippen LogP contribution in [0, 0.1) is 10.1 Å². The molecule has 2 fully saturated rings. The average Bonchev–Trinajstić information content (AvgIpc) is 3.52. The largest absolute Gasteiger partial charge is 0.494 e. The van der Waals surface area contributed by atoms with Crippen molar-refractivity contribution in [2.75, 3.05) is 62.2 Å². The number of nitrogens with zero attached hydrogens (tertiary/aromatic N) is 6. The Balaban J connectivity index is 1.24. The summed E-state index contributed by atoms with van der Waals surface area (Å²) in [4.78, 5) is 30.8. The zero-order chi connectivity index (χ0) is 29.8. The number of nitro groups is 1. The summed E-state index contributed by atoms with van der Waals surface area (Å²) in [7, 11) is 3.59. The Bertz CT molecular complexity index is 1580. The number of rotatable bonds is 9. The normalized spacial score (nSPS) is 17.1. The third-order valence-electron chi connectivity index (χ3n) is 7.61. The van der Waals surface area contributed by atoms with Crippen LogP contribution >= 0.6 is 0 Å². The Morgan fingerprint density at radius 3 is 2.53 bits per heavy atom. The molecule has 3 aromatic carbocycles. The molecule has 6 rings (SSSR count). The van der Waals surface area contributed by atoms with Crippen LogP contribution in [0.3, 0.4) is 0 Å². The Labute approximate surface area is 249 Å². The number of para-hydroxylation sites is 1. The molecule has 0 radical (unpaired) electrons. The van der Waals surface area contributed by atoms with E-state index in [2.05, 4.69) is 20.2 Å². The topological polar surface area (TPSA) is 118 Å². The first-order valence-corrected chi connectivity index (χ1v) is 14.1. The van der Waals surface area contributed by atoms with E-state index in [1.165, 1.54) is 12.4 Å². The molecule has 0 aliphatic carbocycles. The molecule has 1 atom stereocenters. The van der Waals surface area contributed by atoms with E-state index in [1.54, 1.807) is 24.3 Å². The van der Waals surface area contributed by atoms with Gasteiger partial charge >= 0.3 is 0 Å². The van der Waals surface area contributed by atoms with Crippen molar-refractivity contribution >= 4 is 28.7 Å². The molecule has 0 bridgehead atoms. The van der Waals surface area contributed by atoms with Crippen LogP contribution in [0.15, 0.2) is 79.1 Å². The molecule has 1 unspecified atom stereocenters. The molecule has 2 aliphatic rings. The van der Waals surface area contributed by atoms with Gasteiger partial charge in [-0.1, -0.05) is 30.3 Å². The van der Waals surface area contributed by atoms with E-state index in [9.17, 15) is 10.1 Å². The number of methoxy groups -OCH3 is 1. The Kier molecular flexibility index (Phi) is 8.20. The molecule has 2 saturated heterocycles. The number of hydrogen-bond acceptors (Lipinski definition) is 11. The number of hydrogen-bond donors (Lipinski definition) is 1. The molecule has 12 heteroatoms. The summed E-state index contributed by atoms with van der Waals surface area (Å²) in [5.74, 6) is 2.97. The Hall–Kier alpha value is -4.94. The Morgan fingerprint density at radius 2 is 1.77 bits per heavy atom. The second-order valence-corrected chi connectivity index (χ2v) is 10.4. The van der Waals surface area contributed by atoms with Crippen molar-refractivity contribution in [3.63, 3.8) is 0 Å². The maximum absolute atomic E-state index is 12.1. The molecule has 43 heavy (non-hydrogen) atoms. The standard InChI is InChI=1S/C31H33N7O5/c1-35-12-14-36(15-13-35)27-19-29(41-2)25(18-28(27)38(39)40)34-30-20-31(33-21-32-30)37-26(11-16-42-37)22-7-6-10-24(17-22)43-23-8-4-3-5-9-23/h3-10,17-21,26H,11-16H2,1-2H3,(H,32,33,34). The lowest BCUT2D eigenvalue weighted by Crippen LogP contribution is -2.44. The van der Waals surface area contributed by atoms with Crippen LogP contribution in [0.1, 0.15) is 18.0 Å². The van der Waals surface area contributed by atoms with Crippen molar-refractivity contribution in [3.05, 3.63) is 94.8 Å². The maximum atomic E-state index is 12.1. The lowest BCUT2D eigenvalue weighted by atomic mass is 10.0. The van der Waals surface area contributed by atoms with E-state index in [4.69, 9.17) is 14.3 Å². The van der Waals surface area contributed by atoms with Crippen molar-refractivity contribution < 1.29 is 19.2 Å². The SMILES string of the molecule is COc1cc(N2CCN(C)CC2)c([N+](=O)[O-])cc1Nc1cc(N2OCCC2c2cccc(Oc3ccccc3)c2)ncn1. The second kappa shape index (κ2) is 12.5. The quantitative estimate of drug-likeness (QED) is 0.197. The van der Waals surface area contributed by atoms with Gasteiger partial charge in [-0.3, -0.25) is 15.0 Å². The molecule has 1 aromatic heterocycles. The van der Waals surface area contributed by atoms with Crippen molar-refractivity contribution in [1.82, 2.24) is 14.9 Å². The number of piperazine rings is 1. The van der Waals surface area contributed by atoms with E-state index in [0.717, 1.165) is 36.6 Å². The van der Waals surface area contributed by atoms with Gasteiger partial charge in [0.15, 0.2) is 5.82 Å². The predicted octanol–water partition coefficient (Wildman–Crippen LogP) is 5.56. The van der Waals surface area contributed by atoms with Crippen molar-refractivity contribution in [2.45, 2.75) is 12.5 Å². The van der Waals surface area contributed by atoms with Gasteiger partial charge in [0, 0.05) is 50.8 Å².